The maximum atomic E-state index is 13.8. The first-order valence-electron chi connectivity index (χ1n) is 11.3. The van der Waals surface area contributed by atoms with Crippen LogP contribution >= 0.6 is 0 Å². The molecule has 2 heterocycles. The number of non-ortho nitro benzene ring substituents is 1. The van der Waals surface area contributed by atoms with Gasteiger partial charge in [0, 0.05) is 23.3 Å². The van der Waals surface area contributed by atoms with E-state index >= 15 is 0 Å². The lowest BCUT2D eigenvalue weighted by Gasteiger charge is -2.27. The Kier molecular flexibility index (Phi) is 4.58. The van der Waals surface area contributed by atoms with E-state index in [4.69, 9.17) is 4.74 Å². The largest absolute Gasteiger partial charge is 0.349 e. The van der Waals surface area contributed by atoms with Crippen LogP contribution in [-0.2, 0) is 14.3 Å². The molecule has 2 fully saturated rings. The molecule has 1 aliphatic carbocycles. The Bertz CT molecular complexity index is 1460. The van der Waals surface area contributed by atoms with Gasteiger partial charge in [0.05, 0.1) is 28.6 Å². The number of carbonyl (C=O) groups is 4. The third kappa shape index (κ3) is 2.74. The molecule has 9 heteroatoms. The van der Waals surface area contributed by atoms with Crippen molar-refractivity contribution in [2.24, 2.45) is 11.8 Å². The molecule has 0 N–H and O–H groups in total. The number of imide groups is 1. The monoisotopic (exact) mass is 482 g/mol. The van der Waals surface area contributed by atoms with E-state index in [0.29, 0.717) is 11.3 Å². The maximum absolute atomic E-state index is 13.8. The van der Waals surface area contributed by atoms with E-state index in [1.165, 1.54) is 36.4 Å². The van der Waals surface area contributed by atoms with Gasteiger partial charge < -0.3 is 4.74 Å². The molecule has 178 valence electrons. The molecule has 3 aromatic carbocycles. The number of ether oxygens (including phenoxy) is 1. The minimum absolute atomic E-state index is 0.139. The van der Waals surface area contributed by atoms with Crippen molar-refractivity contribution in [3.8, 4) is 0 Å². The molecule has 2 aliphatic heterocycles. The van der Waals surface area contributed by atoms with Crippen molar-refractivity contribution in [3.63, 3.8) is 0 Å². The van der Waals surface area contributed by atoms with Crippen LogP contribution < -0.4 is 4.90 Å². The Hall–Kier alpha value is -4.50. The van der Waals surface area contributed by atoms with Crippen LogP contribution in [-0.4, -0.2) is 33.9 Å². The summed E-state index contributed by atoms with van der Waals surface area (Å²) in [6.45, 7) is 1.87. The van der Waals surface area contributed by atoms with Crippen LogP contribution in [0.15, 0.2) is 72.8 Å². The number of benzene rings is 3. The quantitative estimate of drug-likeness (QED) is 0.242. The average Bonchev–Trinajstić information content (AvgIpc) is 3.45. The first kappa shape index (κ1) is 22.0. The van der Waals surface area contributed by atoms with Crippen molar-refractivity contribution < 1.29 is 28.8 Å². The Balaban J connectivity index is 1.52. The fourth-order valence-electron chi connectivity index (χ4n) is 5.55. The summed E-state index contributed by atoms with van der Waals surface area (Å²) in [5.74, 6) is -5.14. The van der Waals surface area contributed by atoms with Crippen molar-refractivity contribution in [2.75, 3.05) is 4.90 Å². The lowest BCUT2D eigenvalue weighted by Crippen LogP contribution is -2.51. The summed E-state index contributed by atoms with van der Waals surface area (Å²) in [5.41, 5.74) is -0.461. The normalized spacial score (nSPS) is 23.9. The van der Waals surface area contributed by atoms with Crippen LogP contribution in [0, 0.1) is 28.9 Å². The number of hydrogen-bond donors (Lipinski definition) is 0. The lowest BCUT2D eigenvalue weighted by molar-refractivity contribution is -0.384. The van der Waals surface area contributed by atoms with Gasteiger partial charge in [-0.3, -0.25) is 29.3 Å². The van der Waals surface area contributed by atoms with E-state index in [2.05, 4.69) is 0 Å². The zero-order chi connectivity index (χ0) is 25.4. The number of hydrogen-bond acceptors (Lipinski definition) is 7. The highest BCUT2D eigenvalue weighted by molar-refractivity contribution is 6.37. The number of anilines is 1. The molecule has 3 atom stereocenters. The fourth-order valence-corrected chi connectivity index (χ4v) is 5.55. The highest BCUT2D eigenvalue weighted by Crippen LogP contribution is 2.57. The first-order valence-corrected chi connectivity index (χ1v) is 11.3. The first-order chi connectivity index (χ1) is 17.3. The minimum atomic E-state index is -2.19. The second kappa shape index (κ2) is 7.50. The molecule has 1 spiro atoms. The number of ketones is 2. The van der Waals surface area contributed by atoms with E-state index in [1.54, 1.807) is 36.4 Å². The van der Waals surface area contributed by atoms with Gasteiger partial charge in [0.1, 0.15) is 0 Å². The molecular weight excluding hydrogens is 464 g/mol. The molecule has 0 saturated carbocycles. The second-order valence-electron chi connectivity index (χ2n) is 9.18. The molecule has 36 heavy (non-hydrogen) atoms. The number of Topliss-reactive ketones (excluding diaryl/α,β-unsaturated/α-hetero) is 2. The zero-order valence-electron chi connectivity index (χ0n) is 18.9. The summed E-state index contributed by atoms with van der Waals surface area (Å²) in [4.78, 5) is 66.6. The van der Waals surface area contributed by atoms with E-state index in [9.17, 15) is 29.3 Å². The standard InChI is InChI=1S/C27H18N2O7/c1-14-6-10-16(11-7-14)28-25(32)20-21(26(28)33)27(23(30)18-4-2-3-5-19(18)24(27)31)36-22(20)15-8-12-17(13-9-15)29(34)35/h2-13,20-22H,1H3. The van der Waals surface area contributed by atoms with Crippen LogP contribution in [0.1, 0.15) is 37.9 Å². The summed E-state index contributed by atoms with van der Waals surface area (Å²) in [7, 11) is 0. The molecular formula is C27H18N2O7. The van der Waals surface area contributed by atoms with Gasteiger partial charge in [-0.25, -0.2) is 4.90 Å². The Labute approximate surface area is 204 Å². The average molecular weight is 482 g/mol. The van der Waals surface area contributed by atoms with Crippen LogP contribution in [0.25, 0.3) is 0 Å². The molecule has 2 saturated heterocycles. The number of fused-ring (bicyclic) bond motifs is 3. The van der Waals surface area contributed by atoms with Crippen LogP contribution in [0.3, 0.4) is 0 Å². The van der Waals surface area contributed by atoms with Gasteiger partial charge in [-0.1, -0.05) is 42.0 Å². The van der Waals surface area contributed by atoms with Gasteiger partial charge >= 0.3 is 0 Å². The highest BCUT2D eigenvalue weighted by atomic mass is 16.6. The number of nitrogens with zero attached hydrogens (tertiary/aromatic N) is 2. The van der Waals surface area contributed by atoms with Gasteiger partial charge in [-0.2, -0.15) is 0 Å². The van der Waals surface area contributed by atoms with Gasteiger partial charge in [-0.15, -0.1) is 0 Å². The maximum Gasteiger partial charge on any atom is 0.269 e. The van der Waals surface area contributed by atoms with Crippen molar-refractivity contribution in [1.82, 2.24) is 0 Å². The summed E-state index contributed by atoms with van der Waals surface area (Å²) in [5, 5.41) is 11.1. The smallest absolute Gasteiger partial charge is 0.269 e. The molecule has 3 unspecified atom stereocenters. The van der Waals surface area contributed by atoms with Gasteiger partial charge in [0.15, 0.2) is 0 Å². The van der Waals surface area contributed by atoms with Crippen LogP contribution in [0.4, 0.5) is 11.4 Å². The van der Waals surface area contributed by atoms with Crippen molar-refractivity contribution in [2.45, 2.75) is 18.6 Å². The number of nitro benzene ring substituents is 1. The Morgan fingerprint density at radius 3 is 1.97 bits per heavy atom. The van der Waals surface area contributed by atoms with Crippen molar-refractivity contribution >= 4 is 34.8 Å². The molecule has 0 radical (unpaired) electrons. The van der Waals surface area contributed by atoms with Crippen molar-refractivity contribution in [1.29, 1.82) is 0 Å². The number of carbonyl (C=O) groups excluding carboxylic acids is 4. The Morgan fingerprint density at radius 1 is 0.833 bits per heavy atom. The fraction of sp³-hybridized carbons (Fsp3) is 0.185. The lowest BCUT2D eigenvalue weighted by atomic mass is 9.77. The number of rotatable bonds is 3. The summed E-state index contributed by atoms with van der Waals surface area (Å²) in [6, 6.07) is 18.4. The second-order valence-corrected chi connectivity index (χ2v) is 9.18. The zero-order valence-corrected chi connectivity index (χ0v) is 18.9. The number of aryl methyl sites for hydroxylation is 1. The van der Waals surface area contributed by atoms with Gasteiger partial charge in [-0.05, 0) is 36.8 Å². The van der Waals surface area contributed by atoms with E-state index in [0.717, 1.165) is 10.5 Å². The molecule has 3 aromatic rings. The van der Waals surface area contributed by atoms with E-state index in [1.807, 2.05) is 6.92 Å². The topological polar surface area (TPSA) is 124 Å². The summed E-state index contributed by atoms with van der Waals surface area (Å²) < 4.78 is 6.18. The molecule has 0 bridgehead atoms. The summed E-state index contributed by atoms with van der Waals surface area (Å²) in [6.07, 6.45) is -1.13. The summed E-state index contributed by atoms with van der Waals surface area (Å²) >= 11 is 0. The highest BCUT2D eigenvalue weighted by Gasteiger charge is 2.74. The minimum Gasteiger partial charge on any atom is -0.349 e. The SMILES string of the molecule is Cc1ccc(N2C(=O)C3C(c4ccc([N+](=O)[O-])cc4)OC4(C(=O)c5ccccc5C4=O)C3C2=O)cc1. The molecule has 6 rings (SSSR count). The predicted molar refractivity (Wildman–Crippen MR) is 125 cm³/mol. The van der Waals surface area contributed by atoms with E-state index < -0.39 is 51.8 Å². The third-order valence-corrected chi connectivity index (χ3v) is 7.24. The third-order valence-electron chi connectivity index (χ3n) is 7.24. The van der Waals surface area contributed by atoms with Crippen LogP contribution in [0.5, 0.6) is 0 Å². The van der Waals surface area contributed by atoms with Gasteiger partial charge in [0.2, 0.25) is 29.0 Å². The number of amides is 2. The van der Waals surface area contributed by atoms with Crippen LogP contribution in [0.2, 0.25) is 0 Å². The van der Waals surface area contributed by atoms with E-state index in [-0.39, 0.29) is 16.8 Å². The molecule has 2 amide bonds. The molecule has 0 aromatic heterocycles. The van der Waals surface area contributed by atoms with Gasteiger partial charge in [0.25, 0.3) is 5.69 Å². The molecule has 3 aliphatic rings. The molecule has 9 nitrogen and oxygen atoms in total. The number of nitro groups is 1. The predicted octanol–water partition coefficient (Wildman–Crippen LogP) is 3.60. The van der Waals surface area contributed by atoms with Crippen molar-refractivity contribution in [3.05, 3.63) is 105 Å². The Morgan fingerprint density at radius 2 is 1.42 bits per heavy atom.